The molecule has 0 aliphatic rings. The molecule has 0 bridgehead atoms. The van der Waals surface area contributed by atoms with E-state index in [9.17, 15) is 42.9 Å². The minimum Gasteiger partial charge on any atom is -0.452 e. The topological polar surface area (TPSA) is 182 Å². The summed E-state index contributed by atoms with van der Waals surface area (Å²) in [6.45, 7) is 0.476. The van der Waals surface area contributed by atoms with Gasteiger partial charge in [-0.2, -0.15) is 8.42 Å². The third-order valence-electron chi connectivity index (χ3n) is 7.22. The van der Waals surface area contributed by atoms with Crippen molar-refractivity contribution in [2.24, 2.45) is 0 Å². The Hall–Kier alpha value is -4.85. The smallest absolute Gasteiger partial charge is 0.338 e. The summed E-state index contributed by atoms with van der Waals surface area (Å²) in [5, 5.41) is 35.5. The van der Waals surface area contributed by atoms with Crippen molar-refractivity contribution in [2.45, 2.75) is 35.2 Å². The van der Waals surface area contributed by atoms with Gasteiger partial charge in [0.15, 0.2) is 12.4 Å². The van der Waals surface area contributed by atoms with Gasteiger partial charge < -0.3 is 20.1 Å². The molecule has 4 aromatic carbocycles. The third-order valence-corrected chi connectivity index (χ3v) is 8.52. The molecule has 4 rings (SSSR count). The number of hydrogen-bond acceptors (Lipinski definition) is 11. The number of carbonyl (C=O) groups excluding carboxylic acids is 4. The number of esters is 1. The number of benzene rings is 4. The molecule has 12 heteroatoms. The van der Waals surface area contributed by atoms with Crippen LogP contribution >= 0.6 is 0 Å². The Kier molecular flexibility index (Phi) is 10.4. The summed E-state index contributed by atoms with van der Waals surface area (Å²) in [4.78, 5) is 53.6. The number of aliphatic hydroxyl groups is 3. The number of aryl methyl sites for hydroxylation is 1. The molecule has 0 heterocycles. The molecular weight excluding hydrogens is 616 g/mol. The SMILES string of the molecule is Cc1ccc(S(=O)(=O)OCC(O)C(OC(=O)c2ccccc2)C(O)(C(=O)c2ccccc2)C(O)(C=O)C(=O)c2ccccc2)cc1. The lowest BCUT2D eigenvalue weighted by Gasteiger charge is -2.43. The number of aldehydes is 1. The average Bonchev–Trinajstić information content (AvgIpc) is 3.09. The zero-order valence-electron chi connectivity index (χ0n) is 24.4. The van der Waals surface area contributed by atoms with Crippen LogP contribution in [-0.4, -0.2) is 77.6 Å². The van der Waals surface area contributed by atoms with E-state index in [4.69, 9.17) is 8.92 Å². The lowest BCUT2D eigenvalue weighted by molar-refractivity contribution is -0.181. The maximum absolute atomic E-state index is 14.1. The second-order valence-corrected chi connectivity index (χ2v) is 12.0. The number of Topliss-reactive ketones (excluding diaryl/α,β-unsaturated/α-hetero) is 2. The third kappa shape index (κ3) is 6.86. The van der Waals surface area contributed by atoms with E-state index in [0.717, 1.165) is 5.56 Å². The van der Waals surface area contributed by atoms with E-state index in [-0.39, 0.29) is 21.6 Å². The van der Waals surface area contributed by atoms with Crippen molar-refractivity contribution in [3.05, 3.63) is 138 Å². The van der Waals surface area contributed by atoms with Gasteiger partial charge in [0, 0.05) is 11.1 Å². The van der Waals surface area contributed by atoms with Gasteiger partial charge >= 0.3 is 5.97 Å². The first-order valence-electron chi connectivity index (χ1n) is 13.9. The Morgan fingerprint density at radius 2 is 1.20 bits per heavy atom. The highest BCUT2D eigenvalue weighted by Gasteiger charge is 2.67. The Labute approximate surface area is 264 Å². The molecule has 0 aromatic heterocycles. The highest BCUT2D eigenvalue weighted by Crippen LogP contribution is 2.36. The number of rotatable bonds is 14. The Morgan fingerprint density at radius 1 is 0.739 bits per heavy atom. The van der Waals surface area contributed by atoms with Crippen LogP contribution in [0.15, 0.2) is 120 Å². The molecule has 3 N–H and O–H groups in total. The number of carbonyl (C=O) groups is 4. The lowest BCUT2D eigenvalue weighted by atomic mass is 9.69. The van der Waals surface area contributed by atoms with Crippen molar-refractivity contribution in [1.29, 1.82) is 0 Å². The number of ether oxygens (including phenoxy) is 1. The maximum Gasteiger partial charge on any atom is 0.338 e. The second-order valence-electron chi connectivity index (χ2n) is 10.4. The molecule has 0 spiro atoms. The van der Waals surface area contributed by atoms with Crippen LogP contribution in [0.1, 0.15) is 36.6 Å². The van der Waals surface area contributed by atoms with Crippen LogP contribution in [0.3, 0.4) is 0 Å². The van der Waals surface area contributed by atoms with E-state index in [2.05, 4.69) is 0 Å². The molecule has 0 fully saturated rings. The van der Waals surface area contributed by atoms with Crippen LogP contribution in [0.5, 0.6) is 0 Å². The van der Waals surface area contributed by atoms with Crippen molar-refractivity contribution in [3.63, 3.8) is 0 Å². The zero-order chi connectivity index (χ0) is 33.5. The van der Waals surface area contributed by atoms with Gasteiger partial charge in [-0.3, -0.25) is 18.6 Å². The highest BCUT2D eigenvalue weighted by atomic mass is 32.2. The molecule has 0 aliphatic carbocycles. The van der Waals surface area contributed by atoms with Crippen LogP contribution in [0.4, 0.5) is 0 Å². The van der Waals surface area contributed by atoms with Gasteiger partial charge in [-0.05, 0) is 31.2 Å². The minimum atomic E-state index is -4.57. The van der Waals surface area contributed by atoms with Gasteiger partial charge in [-0.25, -0.2) is 4.79 Å². The normalized spacial score (nSPS) is 15.4. The van der Waals surface area contributed by atoms with Gasteiger partial charge in [0.1, 0.15) is 6.10 Å². The van der Waals surface area contributed by atoms with E-state index < -0.39 is 64.0 Å². The Morgan fingerprint density at radius 3 is 1.67 bits per heavy atom. The summed E-state index contributed by atoms with van der Waals surface area (Å²) in [6.07, 6.45) is -5.49. The van der Waals surface area contributed by atoms with Gasteiger partial charge in [-0.1, -0.05) is 96.6 Å². The Bertz CT molecular complexity index is 1790. The maximum atomic E-state index is 14.1. The van der Waals surface area contributed by atoms with Crippen molar-refractivity contribution in [2.75, 3.05) is 6.61 Å². The molecule has 0 radical (unpaired) electrons. The first kappa shape index (κ1) is 34.0. The fraction of sp³-hybridized carbons (Fsp3) is 0.176. The molecular formula is C34H30O11S. The molecule has 11 nitrogen and oxygen atoms in total. The first-order valence-corrected chi connectivity index (χ1v) is 15.3. The number of ketones is 2. The molecule has 0 saturated heterocycles. The summed E-state index contributed by atoms with van der Waals surface area (Å²) in [7, 11) is -4.57. The lowest BCUT2D eigenvalue weighted by Crippen LogP contribution is -2.73. The predicted octanol–water partition coefficient (Wildman–Crippen LogP) is 2.71. The first-order chi connectivity index (χ1) is 21.8. The fourth-order valence-electron chi connectivity index (χ4n) is 4.67. The Balaban J connectivity index is 1.87. The average molecular weight is 647 g/mol. The monoisotopic (exact) mass is 646 g/mol. The molecule has 0 aliphatic heterocycles. The van der Waals surface area contributed by atoms with Crippen LogP contribution in [0.2, 0.25) is 0 Å². The molecule has 238 valence electrons. The van der Waals surface area contributed by atoms with Crippen LogP contribution < -0.4 is 0 Å². The molecule has 0 saturated carbocycles. The summed E-state index contributed by atoms with van der Waals surface area (Å²) in [5.41, 5.74) is -7.52. The standard InChI is InChI=1S/C34H30O11S/c1-23-17-19-27(20-18-23)46(42,43)44-21-28(36)31(45-32(39)26-15-9-4-10-16-26)34(41,30(38)25-13-7-3-8-14-25)33(40,22-35)29(37)24-11-5-2-6-12-24/h2-20,22,28,31,36,40-41H,21H2,1H3. The molecule has 46 heavy (non-hydrogen) atoms. The van der Waals surface area contributed by atoms with E-state index >= 15 is 0 Å². The van der Waals surface area contributed by atoms with Gasteiger partial charge in [0.25, 0.3) is 10.1 Å². The summed E-state index contributed by atoms with van der Waals surface area (Å²) in [6, 6.07) is 25.9. The van der Waals surface area contributed by atoms with Crippen molar-refractivity contribution >= 4 is 33.9 Å². The van der Waals surface area contributed by atoms with Crippen LogP contribution in [-0.2, 0) is 23.8 Å². The summed E-state index contributed by atoms with van der Waals surface area (Å²) in [5.74, 6) is -4.24. The number of hydrogen-bond donors (Lipinski definition) is 3. The van der Waals surface area contributed by atoms with E-state index in [0.29, 0.717) is 0 Å². The van der Waals surface area contributed by atoms with Crippen LogP contribution in [0.25, 0.3) is 0 Å². The molecule has 0 amide bonds. The van der Waals surface area contributed by atoms with Crippen molar-refractivity contribution < 1.29 is 51.8 Å². The van der Waals surface area contributed by atoms with Gasteiger partial charge in [-0.15, -0.1) is 0 Å². The molecule has 4 aromatic rings. The fourth-order valence-corrected chi connectivity index (χ4v) is 5.60. The molecule has 4 unspecified atom stereocenters. The van der Waals surface area contributed by atoms with E-state index in [1.807, 2.05) is 0 Å². The number of aliphatic hydroxyl groups excluding tert-OH is 1. The minimum absolute atomic E-state index is 0.147. The van der Waals surface area contributed by atoms with E-state index in [1.54, 1.807) is 13.0 Å². The quantitative estimate of drug-likeness (QED) is 0.0602. The van der Waals surface area contributed by atoms with Crippen molar-refractivity contribution in [1.82, 2.24) is 0 Å². The summed E-state index contributed by atoms with van der Waals surface area (Å²) < 4.78 is 36.3. The van der Waals surface area contributed by atoms with Gasteiger partial charge in [0.05, 0.1) is 17.1 Å². The van der Waals surface area contributed by atoms with Gasteiger partial charge in [0.2, 0.25) is 22.8 Å². The predicted molar refractivity (Wildman–Crippen MR) is 163 cm³/mol. The van der Waals surface area contributed by atoms with E-state index in [1.165, 1.54) is 109 Å². The highest BCUT2D eigenvalue weighted by molar-refractivity contribution is 7.86. The molecule has 4 atom stereocenters. The van der Waals surface area contributed by atoms with Crippen LogP contribution in [0, 0.1) is 6.92 Å². The summed E-state index contributed by atoms with van der Waals surface area (Å²) >= 11 is 0. The van der Waals surface area contributed by atoms with Crippen molar-refractivity contribution in [3.8, 4) is 0 Å². The second kappa shape index (κ2) is 14.1. The largest absolute Gasteiger partial charge is 0.452 e. The zero-order valence-corrected chi connectivity index (χ0v) is 25.2.